The van der Waals surface area contributed by atoms with E-state index in [0.717, 1.165) is 5.56 Å². The van der Waals surface area contributed by atoms with E-state index in [-0.39, 0.29) is 556 Å². The zero-order valence-electron chi connectivity index (χ0n) is 14.3. The third-order valence-electron chi connectivity index (χ3n) is 0.913. The summed E-state index contributed by atoms with van der Waals surface area (Å²) in [6.45, 7) is 5.19. The quantitative estimate of drug-likeness (QED) is 0.378. The molecule has 17 radical (unpaired) electrons. The van der Waals surface area contributed by atoms with Crippen LogP contribution in [-0.2, 0) is 556 Å². The summed E-state index contributed by atoms with van der Waals surface area (Å²) in [7, 11) is 0. The molecule has 0 bridgehead atoms. The first-order valence-electron chi connectivity index (χ1n) is 2.45. The molecule has 0 atom stereocenters. The third-order valence-corrected chi connectivity index (χ3v) is 0.913. The zero-order valence-corrected chi connectivity index (χ0v) is 62.5. The normalized spacial score (nSPS) is 2.72. The molecule has 0 saturated carbocycles. The molecule has 0 nitrogen and oxygen atoms in total. The van der Waals surface area contributed by atoms with E-state index in [0.29, 0.717) is 0 Å². The van der Waals surface area contributed by atoms with E-state index in [1.807, 2.05) is 24.3 Å². The SMILES string of the molecule is [CH-]=Cc1[c-]cccc1.[Y].[Y].[Y].[Y].[Y].[Y].[Y].[Y].[Y].[Y].[Y].[Y].[Y].[Y].[Y].[Y].[Y]. The van der Waals surface area contributed by atoms with Crippen LogP contribution in [-0.4, -0.2) is 0 Å². The van der Waals surface area contributed by atoms with Crippen molar-refractivity contribution in [1.82, 2.24) is 0 Å². The van der Waals surface area contributed by atoms with E-state index in [1.54, 1.807) is 0 Å². The van der Waals surface area contributed by atoms with Gasteiger partial charge in [0.25, 0.3) is 0 Å². The van der Waals surface area contributed by atoms with Gasteiger partial charge in [0, 0.05) is 556 Å². The van der Waals surface area contributed by atoms with Gasteiger partial charge in [-0.25, -0.2) is 12.1 Å². The summed E-state index contributed by atoms with van der Waals surface area (Å²) in [6.07, 6.45) is 1.53. The van der Waals surface area contributed by atoms with Gasteiger partial charge in [0.05, 0.1) is 0 Å². The molecule has 0 amide bonds. The fourth-order valence-corrected chi connectivity index (χ4v) is 0.511. The van der Waals surface area contributed by atoms with Crippen molar-refractivity contribution in [2.24, 2.45) is 0 Å². The maximum Gasteiger partial charge on any atom is 0 e. The Kier molecular flexibility index (Phi) is 436. The summed E-state index contributed by atoms with van der Waals surface area (Å²) in [5.41, 5.74) is 0.938. The summed E-state index contributed by atoms with van der Waals surface area (Å²) in [5.74, 6) is 0. The number of rotatable bonds is 1. The molecule has 1 rings (SSSR count). The van der Waals surface area contributed by atoms with Crippen LogP contribution in [0.5, 0.6) is 0 Å². The second-order valence-corrected chi connectivity index (χ2v) is 1.48. The minimum Gasteiger partial charge on any atom is -0.344 e. The van der Waals surface area contributed by atoms with Gasteiger partial charge in [-0.05, 0) is 0 Å². The van der Waals surface area contributed by atoms with Crippen molar-refractivity contribution in [2.45, 2.75) is 0 Å². The second kappa shape index (κ2) is 96.9. The Hall–Kier alpha value is 17.7. The summed E-state index contributed by atoms with van der Waals surface area (Å²) in [5, 5.41) is 0. The first kappa shape index (κ1) is 112. The van der Waals surface area contributed by atoms with Gasteiger partial charge >= 0.3 is 0 Å². The molecule has 0 heterocycles. The van der Waals surface area contributed by atoms with Crippen LogP contribution < -0.4 is 0 Å². The fourth-order valence-electron chi connectivity index (χ4n) is 0.511. The van der Waals surface area contributed by atoms with Gasteiger partial charge in [-0.2, -0.15) is 12.1 Å². The monoisotopic (exact) mass is 1610 g/mol. The number of hydrogen-bond donors (Lipinski definition) is 0. The van der Waals surface area contributed by atoms with Crippen molar-refractivity contribution in [3.63, 3.8) is 0 Å². The van der Waals surface area contributed by atoms with Gasteiger partial charge in [-0.15, -0.1) is 6.07 Å². The number of hydrogen-bond acceptors (Lipinski definition) is 0. The summed E-state index contributed by atoms with van der Waals surface area (Å²) < 4.78 is 0. The first-order valence-corrected chi connectivity index (χ1v) is 2.45. The Balaban J connectivity index is -0.00000000251. The Bertz CT molecular complexity index is 185. The van der Waals surface area contributed by atoms with Crippen LogP contribution in [0, 0.1) is 12.6 Å². The van der Waals surface area contributed by atoms with Crippen molar-refractivity contribution < 1.29 is 556 Å². The molecule has 0 spiro atoms. The van der Waals surface area contributed by atoms with Crippen molar-refractivity contribution in [1.29, 1.82) is 0 Å². The molecular weight excluding hydrogens is 1610 g/mol. The molecule has 0 N–H and O–H groups in total. The van der Waals surface area contributed by atoms with Crippen LogP contribution in [0.25, 0.3) is 6.08 Å². The molecule has 0 saturated heterocycles. The fraction of sp³-hybridized carbons (Fsp3) is 0. The van der Waals surface area contributed by atoms with Crippen LogP contribution in [0.1, 0.15) is 5.56 Å². The zero-order chi connectivity index (χ0) is 5.82. The molecule has 0 aliphatic carbocycles. The smallest absolute Gasteiger partial charge is 0 e. The molecule has 0 fully saturated rings. The molecule has 91 valence electrons. The third kappa shape index (κ3) is 85.7. The molecule has 1 aromatic carbocycles. The summed E-state index contributed by atoms with van der Waals surface area (Å²) in [6, 6.07) is 10.5. The van der Waals surface area contributed by atoms with Gasteiger partial charge in [-0.3, -0.25) is 0 Å². The predicted octanol–water partition coefficient (Wildman–Crippen LogP) is 1.89. The Morgan fingerprint density at radius 1 is 0.520 bits per heavy atom. The number of benzene rings is 1. The van der Waals surface area contributed by atoms with Gasteiger partial charge < -0.3 is 18.2 Å². The van der Waals surface area contributed by atoms with Gasteiger partial charge in [0.2, 0.25) is 0 Å². The largest absolute Gasteiger partial charge is 0.344 e. The van der Waals surface area contributed by atoms with Crippen LogP contribution in [0.4, 0.5) is 0 Å². The van der Waals surface area contributed by atoms with Crippen LogP contribution >= 0.6 is 0 Å². The average molecular weight is 1610 g/mol. The minimum absolute atomic E-state index is 0. The molecule has 0 aliphatic rings. The molecule has 0 unspecified atom stereocenters. The van der Waals surface area contributed by atoms with Gasteiger partial charge in [0.1, 0.15) is 0 Å². The van der Waals surface area contributed by atoms with Crippen LogP contribution in [0.2, 0.25) is 0 Å². The van der Waals surface area contributed by atoms with Crippen molar-refractivity contribution in [3.8, 4) is 0 Å². The van der Waals surface area contributed by atoms with Gasteiger partial charge in [0.15, 0.2) is 0 Å². The van der Waals surface area contributed by atoms with Gasteiger partial charge in [-0.1, -0.05) is 0 Å². The van der Waals surface area contributed by atoms with Crippen molar-refractivity contribution in [3.05, 3.63) is 42.5 Å². The molecule has 25 heavy (non-hydrogen) atoms. The van der Waals surface area contributed by atoms with Crippen molar-refractivity contribution >= 4 is 6.08 Å². The van der Waals surface area contributed by atoms with E-state index in [9.17, 15) is 0 Å². The topological polar surface area (TPSA) is 0 Å². The van der Waals surface area contributed by atoms with E-state index in [1.165, 1.54) is 6.08 Å². The summed E-state index contributed by atoms with van der Waals surface area (Å²) >= 11 is 0. The maximum atomic E-state index is 5.19. The molecule has 17 heteroatoms. The van der Waals surface area contributed by atoms with Crippen LogP contribution in [0.15, 0.2) is 24.3 Å². The first-order chi connectivity index (χ1) is 3.93. The molecular formula is C8H6Y17-2. The Morgan fingerprint density at radius 2 is 0.800 bits per heavy atom. The van der Waals surface area contributed by atoms with E-state index >= 15 is 0 Å². The van der Waals surface area contributed by atoms with E-state index in [4.69, 9.17) is 6.58 Å². The molecule has 0 aliphatic heterocycles. The standard InChI is InChI=1S/C8H6.17Y/c1-2-8-6-4-3-5-7-8;;;;;;;;;;;;;;;;;/h1-6H;;;;;;;;;;;;;;;;;/q-2;;;;;;;;;;;;;;;;;. The average Bonchev–Trinajstić information content (AvgIpc) is 1.90. The Labute approximate surface area is 583 Å². The predicted molar refractivity (Wildman–Crippen MR) is 34.0 cm³/mol. The van der Waals surface area contributed by atoms with E-state index < -0.39 is 0 Å². The van der Waals surface area contributed by atoms with Crippen molar-refractivity contribution in [2.75, 3.05) is 0 Å². The van der Waals surface area contributed by atoms with E-state index in [2.05, 4.69) is 6.07 Å². The second-order valence-electron chi connectivity index (χ2n) is 1.48. The maximum absolute atomic E-state index is 5.19. The molecule has 0 aromatic heterocycles. The van der Waals surface area contributed by atoms with Crippen LogP contribution in [0.3, 0.4) is 0 Å². The minimum atomic E-state index is 0. The summed E-state index contributed by atoms with van der Waals surface area (Å²) in [4.78, 5) is 0. The molecule has 1 aromatic rings. The Morgan fingerprint density at radius 3 is 0.920 bits per heavy atom.